The van der Waals surface area contributed by atoms with Gasteiger partial charge in [0.05, 0.1) is 9.52 Å². The molecule has 3 rings (SSSR count). The molecule has 0 aliphatic rings. The smallest absolute Gasteiger partial charge is 0.0626 e. The van der Waals surface area contributed by atoms with E-state index in [9.17, 15) is 0 Å². The van der Waals surface area contributed by atoms with E-state index < -0.39 is 9.52 Å². The van der Waals surface area contributed by atoms with E-state index in [1.54, 1.807) is 5.19 Å². The van der Waals surface area contributed by atoms with E-state index >= 15 is 0 Å². The van der Waals surface area contributed by atoms with Crippen molar-refractivity contribution in [2.45, 2.75) is 13.8 Å². The van der Waals surface area contributed by atoms with E-state index in [0.717, 1.165) is 0 Å². The fourth-order valence-electron chi connectivity index (χ4n) is 2.84. The normalized spacial score (nSPS) is 11.5. The largest absolute Gasteiger partial charge is 0.0883 e. The van der Waals surface area contributed by atoms with E-state index in [-0.39, 0.29) is 0 Å². The van der Waals surface area contributed by atoms with Crippen LogP contribution in [0.15, 0.2) is 60.7 Å². The minimum atomic E-state index is -0.399. The van der Waals surface area contributed by atoms with Crippen LogP contribution >= 0.6 is 0 Å². The number of hydrogen-bond donors (Lipinski definition) is 0. The van der Waals surface area contributed by atoms with E-state index in [4.69, 9.17) is 0 Å². The fourth-order valence-corrected chi connectivity index (χ4v) is 4.89. The van der Waals surface area contributed by atoms with Crippen molar-refractivity contribution in [3.8, 4) is 0 Å². The second-order valence-corrected chi connectivity index (χ2v) is 7.24. The molecule has 0 aliphatic heterocycles. The van der Waals surface area contributed by atoms with Gasteiger partial charge in [-0.1, -0.05) is 82.2 Å². The Hall–Kier alpha value is -1.86. The van der Waals surface area contributed by atoms with Crippen molar-refractivity contribution >= 4 is 30.7 Å². The molecule has 0 bridgehead atoms. The number of fused-ring (bicyclic) bond motifs is 1. The first-order chi connectivity index (χ1) is 9.22. The summed E-state index contributed by atoms with van der Waals surface area (Å²) in [5.41, 5.74) is 2.76. The van der Waals surface area contributed by atoms with Crippen molar-refractivity contribution in [3.05, 3.63) is 71.8 Å². The Morgan fingerprint density at radius 3 is 2.21 bits per heavy atom. The van der Waals surface area contributed by atoms with Gasteiger partial charge in [0.1, 0.15) is 0 Å². The fraction of sp³-hybridized carbons (Fsp3) is 0.111. The molecule has 0 saturated heterocycles. The third-order valence-corrected chi connectivity index (χ3v) is 5.37. The molecular weight excluding hydrogens is 244 g/mol. The summed E-state index contributed by atoms with van der Waals surface area (Å²) in [6.45, 7) is 4.38. The first kappa shape index (κ1) is 12.2. The maximum absolute atomic E-state index is 2.35. The summed E-state index contributed by atoms with van der Waals surface area (Å²) < 4.78 is 0. The molecule has 0 radical (unpaired) electrons. The van der Waals surface area contributed by atoms with Gasteiger partial charge in [-0.3, -0.25) is 0 Å². The first-order valence-electron chi connectivity index (χ1n) is 6.76. The summed E-state index contributed by atoms with van der Waals surface area (Å²) in [4.78, 5) is 0. The lowest BCUT2D eigenvalue weighted by molar-refractivity contribution is 1.40. The number of rotatable bonds is 2. The Bertz CT molecular complexity index is 703. The molecular formula is C18H18Si. The maximum atomic E-state index is 2.35. The minimum Gasteiger partial charge on any atom is -0.0626 e. The van der Waals surface area contributed by atoms with E-state index in [1.807, 2.05) is 0 Å². The van der Waals surface area contributed by atoms with Crippen LogP contribution in [0.4, 0.5) is 0 Å². The molecule has 0 amide bonds. The maximum Gasteiger partial charge on any atom is 0.0883 e. The van der Waals surface area contributed by atoms with E-state index in [2.05, 4.69) is 74.5 Å². The Balaban J connectivity index is 2.05. The van der Waals surface area contributed by atoms with Crippen molar-refractivity contribution in [1.29, 1.82) is 0 Å². The van der Waals surface area contributed by atoms with Gasteiger partial charge >= 0.3 is 0 Å². The minimum absolute atomic E-state index is 0.399. The lowest BCUT2D eigenvalue weighted by Crippen LogP contribution is -2.28. The average Bonchev–Trinajstić information content (AvgIpc) is 2.38. The van der Waals surface area contributed by atoms with Gasteiger partial charge in [0.15, 0.2) is 0 Å². The van der Waals surface area contributed by atoms with E-state index in [0.29, 0.717) is 0 Å². The summed E-state index contributed by atoms with van der Waals surface area (Å²) in [6, 6.07) is 22.3. The van der Waals surface area contributed by atoms with Gasteiger partial charge in [-0.2, -0.15) is 0 Å². The lowest BCUT2D eigenvalue weighted by Gasteiger charge is -2.08. The van der Waals surface area contributed by atoms with Gasteiger partial charge in [-0.05, 0) is 24.6 Å². The van der Waals surface area contributed by atoms with Crippen LogP contribution in [0.2, 0.25) is 0 Å². The highest BCUT2D eigenvalue weighted by atomic mass is 28.2. The van der Waals surface area contributed by atoms with Crippen LogP contribution in [-0.2, 0) is 0 Å². The number of benzene rings is 3. The molecule has 94 valence electrons. The highest BCUT2D eigenvalue weighted by Gasteiger charge is 2.03. The number of aryl methyl sites for hydroxylation is 2. The molecule has 0 aromatic heterocycles. The summed E-state index contributed by atoms with van der Waals surface area (Å²) in [6.07, 6.45) is 0. The second kappa shape index (κ2) is 5.02. The van der Waals surface area contributed by atoms with Gasteiger partial charge < -0.3 is 0 Å². The average molecular weight is 262 g/mol. The molecule has 0 atom stereocenters. The Morgan fingerprint density at radius 2 is 1.42 bits per heavy atom. The van der Waals surface area contributed by atoms with Crippen molar-refractivity contribution < 1.29 is 0 Å². The SMILES string of the molecule is Cc1cc(C)cc([SiH2]c2cccc3ccccc23)c1. The highest BCUT2D eigenvalue weighted by Crippen LogP contribution is 2.10. The summed E-state index contributed by atoms with van der Waals surface area (Å²) >= 11 is 0. The van der Waals surface area contributed by atoms with Crippen molar-refractivity contribution in [2.75, 3.05) is 0 Å². The van der Waals surface area contributed by atoms with Crippen LogP contribution in [-0.4, -0.2) is 9.52 Å². The third-order valence-electron chi connectivity index (χ3n) is 3.56. The molecule has 19 heavy (non-hydrogen) atoms. The standard InChI is InChI=1S/C18H18Si/c1-13-10-14(2)12-16(11-13)19-18-9-5-7-15-6-3-4-8-17(15)18/h3-12H,19H2,1-2H3. The molecule has 0 unspecified atom stereocenters. The molecule has 0 saturated carbocycles. The highest BCUT2D eigenvalue weighted by molar-refractivity contribution is 6.69. The van der Waals surface area contributed by atoms with Gasteiger partial charge in [-0.25, -0.2) is 0 Å². The summed E-state index contributed by atoms with van der Waals surface area (Å²) in [5, 5.41) is 5.87. The summed E-state index contributed by atoms with van der Waals surface area (Å²) in [7, 11) is -0.399. The number of hydrogen-bond acceptors (Lipinski definition) is 0. The monoisotopic (exact) mass is 262 g/mol. The molecule has 0 fully saturated rings. The molecule has 0 aliphatic carbocycles. The Morgan fingerprint density at radius 1 is 0.737 bits per heavy atom. The van der Waals surface area contributed by atoms with Crippen LogP contribution in [0.5, 0.6) is 0 Å². The van der Waals surface area contributed by atoms with Crippen LogP contribution < -0.4 is 10.4 Å². The van der Waals surface area contributed by atoms with Gasteiger partial charge in [0.2, 0.25) is 0 Å². The quantitative estimate of drug-likeness (QED) is 0.623. The molecule has 0 N–H and O–H groups in total. The zero-order chi connectivity index (χ0) is 13.2. The van der Waals surface area contributed by atoms with Crippen molar-refractivity contribution in [3.63, 3.8) is 0 Å². The predicted molar refractivity (Wildman–Crippen MR) is 87.7 cm³/mol. The molecule has 1 heteroatoms. The van der Waals surface area contributed by atoms with Crippen LogP contribution in [0.25, 0.3) is 10.8 Å². The second-order valence-electron chi connectivity index (χ2n) is 5.31. The van der Waals surface area contributed by atoms with Gasteiger partial charge in [0.25, 0.3) is 0 Å². The Kier molecular flexibility index (Phi) is 3.22. The van der Waals surface area contributed by atoms with Gasteiger partial charge in [-0.15, -0.1) is 0 Å². The summed E-state index contributed by atoms with van der Waals surface area (Å²) in [5.74, 6) is 0. The van der Waals surface area contributed by atoms with Crippen LogP contribution in [0, 0.1) is 13.8 Å². The zero-order valence-corrected chi connectivity index (χ0v) is 12.9. The Labute approximate surface area is 116 Å². The van der Waals surface area contributed by atoms with Crippen molar-refractivity contribution in [1.82, 2.24) is 0 Å². The molecule has 3 aromatic carbocycles. The third kappa shape index (κ3) is 2.61. The van der Waals surface area contributed by atoms with Crippen LogP contribution in [0.3, 0.4) is 0 Å². The molecule has 3 aromatic rings. The molecule has 0 spiro atoms. The topological polar surface area (TPSA) is 0 Å². The van der Waals surface area contributed by atoms with E-state index in [1.165, 1.54) is 27.1 Å². The lowest BCUT2D eigenvalue weighted by atomic mass is 10.1. The predicted octanol–water partition coefficient (Wildman–Crippen LogP) is 2.58. The zero-order valence-electron chi connectivity index (χ0n) is 11.5. The molecule has 0 heterocycles. The van der Waals surface area contributed by atoms with Crippen LogP contribution in [0.1, 0.15) is 11.1 Å². The molecule has 0 nitrogen and oxygen atoms in total. The first-order valence-corrected chi connectivity index (χ1v) is 8.17. The van der Waals surface area contributed by atoms with Gasteiger partial charge in [0, 0.05) is 0 Å². The van der Waals surface area contributed by atoms with Crippen molar-refractivity contribution in [2.24, 2.45) is 0 Å².